The Morgan fingerprint density at radius 1 is 1.31 bits per heavy atom. The molecular weight excluding hydrogens is 188 g/mol. The van der Waals surface area contributed by atoms with Crippen molar-refractivity contribution in [1.29, 1.82) is 0 Å². The molecule has 0 aromatic heterocycles. The number of carbonyl (C=O) groups excluding carboxylic acids is 1. The first-order valence-corrected chi connectivity index (χ1v) is 6.80. The summed E-state index contributed by atoms with van der Waals surface area (Å²) in [6.07, 6.45) is 0.796. The molecule has 13 heavy (non-hydrogen) atoms. The average molecular weight is 206 g/mol. The van der Waals surface area contributed by atoms with Gasteiger partial charge in [-0.15, -0.1) is 0 Å². The van der Waals surface area contributed by atoms with Gasteiger partial charge < -0.3 is 13.6 Å². The first-order chi connectivity index (χ1) is 6.04. The van der Waals surface area contributed by atoms with Crippen molar-refractivity contribution in [3.8, 4) is 0 Å². The lowest BCUT2D eigenvalue weighted by atomic mass is 10.5. The van der Waals surface area contributed by atoms with Gasteiger partial charge in [0.15, 0.2) is 0 Å². The van der Waals surface area contributed by atoms with Crippen LogP contribution in [0.3, 0.4) is 0 Å². The Kier molecular flexibility index (Phi) is 5.94. The Bertz CT molecular complexity index is 156. The minimum atomic E-state index is -1.96. The third-order valence-corrected chi connectivity index (χ3v) is 4.93. The summed E-state index contributed by atoms with van der Waals surface area (Å²) in [5.74, 6) is -0.238. The van der Waals surface area contributed by atoms with Crippen LogP contribution in [0.15, 0.2) is 0 Å². The van der Waals surface area contributed by atoms with Crippen molar-refractivity contribution in [1.82, 2.24) is 0 Å². The van der Waals surface area contributed by atoms with Crippen molar-refractivity contribution in [3.63, 3.8) is 0 Å². The van der Waals surface area contributed by atoms with Gasteiger partial charge in [-0.25, -0.2) is 0 Å². The van der Waals surface area contributed by atoms with Gasteiger partial charge in [0.2, 0.25) is 0 Å². The molecular formula is C8H18O4Si. The average Bonchev–Trinajstić information content (AvgIpc) is 2.12. The highest BCUT2D eigenvalue weighted by Crippen LogP contribution is 2.13. The van der Waals surface area contributed by atoms with E-state index in [1.807, 2.05) is 6.55 Å². The van der Waals surface area contributed by atoms with Gasteiger partial charge >= 0.3 is 14.5 Å². The molecule has 0 aromatic carbocycles. The number of esters is 1. The molecule has 4 nitrogen and oxygen atoms in total. The zero-order chi connectivity index (χ0) is 10.3. The fourth-order valence-corrected chi connectivity index (χ4v) is 2.26. The molecule has 0 saturated heterocycles. The van der Waals surface area contributed by atoms with Crippen LogP contribution in [0.5, 0.6) is 0 Å². The summed E-state index contributed by atoms with van der Waals surface area (Å²) in [5, 5.41) is 0. The van der Waals surface area contributed by atoms with Crippen LogP contribution >= 0.6 is 0 Å². The molecule has 5 heteroatoms. The largest absolute Gasteiger partial charge is 0.466 e. The molecule has 0 radical (unpaired) electrons. The van der Waals surface area contributed by atoms with E-state index in [2.05, 4.69) is 0 Å². The van der Waals surface area contributed by atoms with Crippen molar-refractivity contribution in [3.05, 3.63) is 0 Å². The minimum Gasteiger partial charge on any atom is -0.466 e. The molecule has 0 bridgehead atoms. The van der Waals surface area contributed by atoms with Gasteiger partial charge in [0.1, 0.15) is 0 Å². The van der Waals surface area contributed by atoms with E-state index in [-0.39, 0.29) is 5.97 Å². The predicted molar refractivity (Wildman–Crippen MR) is 51.7 cm³/mol. The van der Waals surface area contributed by atoms with Gasteiger partial charge in [0.05, 0.1) is 6.61 Å². The number of ether oxygens (including phenoxy) is 1. The molecule has 78 valence electrons. The van der Waals surface area contributed by atoms with Crippen molar-refractivity contribution in [2.75, 3.05) is 20.8 Å². The van der Waals surface area contributed by atoms with E-state index in [4.69, 9.17) is 13.6 Å². The Labute approximate surface area is 80.4 Å². The quantitative estimate of drug-likeness (QED) is 0.373. The highest BCUT2D eigenvalue weighted by Gasteiger charge is 2.27. The first kappa shape index (κ1) is 12.6. The zero-order valence-corrected chi connectivity index (χ0v) is 9.75. The van der Waals surface area contributed by atoms with E-state index in [9.17, 15) is 4.79 Å². The van der Waals surface area contributed by atoms with Gasteiger partial charge in [-0.05, 0) is 19.0 Å². The van der Waals surface area contributed by atoms with Crippen LogP contribution in [0.1, 0.15) is 13.3 Å². The van der Waals surface area contributed by atoms with E-state index in [0.717, 1.165) is 12.5 Å². The minimum absolute atomic E-state index is 0.238. The molecule has 0 aliphatic rings. The van der Waals surface area contributed by atoms with E-state index >= 15 is 0 Å². The second-order valence-corrected chi connectivity index (χ2v) is 6.57. The van der Waals surface area contributed by atoms with Crippen LogP contribution in [-0.2, 0) is 18.4 Å². The van der Waals surface area contributed by atoms with Crippen LogP contribution < -0.4 is 0 Å². The lowest BCUT2D eigenvalue weighted by Crippen LogP contribution is -2.36. The number of rotatable bonds is 6. The number of carbonyl (C=O) groups is 1. The maximum absolute atomic E-state index is 10.4. The lowest BCUT2D eigenvalue weighted by Gasteiger charge is -2.22. The third-order valence-electron chi connectivity index (χ3n) is 1.94. The highest BCUT2D eigenvalue weighted by atomic mass is 28.4. The number of hydrogen-bond acceptors (Lipinski definition) is 4. The maximum Gasteiger partial charge on any atom is 0.334 e. The lowest BCUT2D eigenvalue weighted by molar-refractivity contribution is -0.140. The van der Waals surface area contributed by atoms with Gasteiger partial charge in [-0.3, -0.25) is 4.79 Å². The maximum atomic E-state index is 10.4. The molecule has 0 rings (SSSR count). The normalized spacial score (nSPS) is 11.4. The van der Waals surface area contributed by atoms with Crippen LogP contribution in [-0.4, -0.2) is 35.4 Å². The standard InChI is InChI=1S/C8H18O4Si/c1-8(9)12-6-5-7-13(4,10-2)11-3/h5-7H2,1-4H3. The van der Waals surface area contributed by atoms with Crippen molar-refractivity contribution < 1.29 is 18.4 Å². The second kappa shape index (κ2) is 6.12. The third kappa shape index (κ3) is 5.79. The Morgan fingerprint density at radius 3 is 2.23 bits per heavy atom. The van der Waals surface area contributed by atoms with Crippen LogP contribution in [0, 0.1) is 0 Å². The predicted octanol–water partition coefficient (Wildman–Crippen LogP) is 1.30. The Morgan fingerprint density at radius 2 is 1.85 bits per heavy atom. The smallest absolute Gasteiger partial charge is 0.334 e. The molecule has 0 N–H and O–H groups in total. The first-order valence-electron chi connectivity index (χ1n) is 4.28. The number of hydrogen-bond donors (Lipinski definition) is 0. The molecule has 0 aromatic rings. The SMILES string of the molecule is CO[Si](C)(CCCOC(C)=O)OC. The van der Waals surface area contributed by atoms with Crippen molar-refractivity contribution >= 4 is 14.5 Å². The van der Waals surface area contributed by atoms with Crippen LogP contribution in [0.4, 0.5) is 0 Å². The van der Waals surface area contributed by atoms with E-state index < -0.39 is 8.56 Å². The summed E-state index contributed by atoms with van der Waals surface area (Å²) in [6, 6.07) is 0.841. The summed E-state index contributed by atoms with van der Waals surface area (Å²) < 4.78 is 15.3. The summed E-state index contributed by atoms with van der Waals surface area (Å²) >= 11 is 0. The van der Waals surface area contributed by atoms with Crippen LogP contribution in [0.2, 0.25) is 12.6 Å². The molecule has 0 aliphatic heterocycles. The van der Waals surface area contributed by atoms with Crippen molar-refractivity contribution in [2.24, 2.45) is 0 Å². The molecule has 0 spiro atoms. The molecule has 0 amide bonds. The topological polar surface area (TPSA) is 44.8 Å². The van der Waals surface area contributed by atoms with Gasteiger partial charge in [-0.1, -0.05) is 0 Å². The zero-order valence-electron chi connectivity index (χ0n) is 8.75. The molecule has 0 heterocycles. The van der Waals surface area contributed by atoms with E-state index in [0.29, 0.717) is 6.61 Å². The highest BCUT2D eigenvalue weighted by molar-refractivity contribution is 6.65. The van der Waals surface area contributed by atoms with Gasteiger partial charge in [0.25, 0.3) is 0 Å². The molecule has 0 saturated carbocycles. The van der Waals surface area contributed by atoms with Crippen LogP contribution in [0.25, 0.3) is 0 Å². The molecule has 0 aliphatic carbocycles. The summed E-state index contributed by atoms with van der Waals surface area (Å²) in [5.41, 5.74) is 0. The second-order valence-electron chi connectivity index (χ2n) is 2.99. The monoisotopic (exact) mass is 206 g/mol. The molecule has 0 atom stereocenters. The fourth-order valence-electron chi connectivity index (χ4n) is 0.897. The van der Waals surface area contributed by atoms with Crippen molar-refractivity contribution in [2.45, 2.75) is 25.9 Å². The van der Waals surface area contributed by atoms with Gasteiger partial charge in [-0.2, -0.15) is 0 Å². The molecule has 0 unspecified atom stereocenters. The summed E-state index contributed by atoms with van der Waals surface area (Å²) in [4.78, 5) is 10.4. The Hall–Kier alpha value is -0.393. The fraction of sp³-hybridized carbons (Fsp3) is 0.875. The summed E-state index contributed by atoms with van der Waals surface area (Å²) in [7, 11) is 1.35. The van der Waals surface area contributed by atoms with Gasteiger partial charge in [0, 0.05) is 21.1 Å². The van der Waals surface area contributed by atoms with E-state index in [1.54, 1.807) is 14.2 Å². The summed E-state index contributed by atoms with van der Waals surface area (Å²) in [6.45, 7) is 3.84. The molecule has 0 fully saturated rings. The Balaban J connectivity index is 3.55. The van der Waals surface area contributed by atoms with E-state index in [1.165, 1.54) is 6.92 Å².